The van der Waals surface area contributed by atoms with Gasteiger partial charge in [-0.2, -0.15) is 0 Å². The van der Waals surface area contributed by atoms with Gasteiger partial charge in [-0.1, -0.05) is 74.0 Å². The standard InChI is InChI=1S/C37H39N5O5/c1-3-7-32-31(24-25-10-12-26(13-11-25)29-8-5-6-9-30(29)34-39-36(44)47-40-34)35(43)42(33(4-2)38-32)28-16-14-27(15-17-28)41-20-18-37(19-21-41)45-22-23-46-37/h5-6,8-17H,3-4,7,18-24H2,1-2H3,(H,39,40,44). The van der Waals surface area contributed by atoms with Crippen molar-refractivity contribution in [3.8, 4) is 28.2 Å². The van der Waals surface area contributed by atoms with Gasteiger partial charge in [-0.15, -0.1) is 0 Å². The summed E-state index contributed by atoms with van der Waals surface area (Å²) in [5, 5.41) is 3.87. The van der Waals surface area contributed by atoms with Crippen LogP contribution in [0.4, 0.5) is 5.69 Å². The van der Waals surface area contributed by atoms with Crippen LogP contribution in [0.25, 0.3) is 28.2 Å². The Labute approximate surface area is 273 Å². The molecule has 2 aliphatic rings. The number of rotatable bonds is 9. The quantitative estimate of drug-likeness (QED) is 0.220. The smallest absolute Gasteiger partial charge is 0.371 e. The van der Waals surface area contributed by atoms with Crippen LogP contribution in [-0.2, 0) is 28.7 Å². The van der Waals surface area contributed by atoms with E-state index < -0.39 is 11.5 Å². The van der Waals surface area contributed by atoms with E-state index in [0.717, 1.165) is 89.5 Å². The van der Waals surface area contributed by atoms with Gasteiger partial charge in [0.05, 0.1) is 24.6 Å². The SMILES string of the molecule is CCCc1nc(CC)n(-c2ccc(N3CCC4(CC3)OCCO4)cc2)c(=O)c1Cc1ccc(-c2ccccc2-c2noc(=O)[nH]2)cc1. The second kappa shape index (κ2) is 13.1. The number of hydrogen-bond donors (Lipinski definition) is 1. The topological polar surface area (TPSA) is 115 Å². The number of ether oxygens (including phenoxy) is 2. The molecule has 242 valence electrons. The van der Waals surface area contributed by atoms with E-state index in [0.29, 0.717) is 31.9 Å². The molecule has 10 nitrogen and oxygen atoms in total. The third-order valence-corrected chi connectivity index (χ3v) is 9.21. The van der Waals surface area contributed by atoms with Gasteiger partial charge in [0.15, 0.2) is 11.6 Å². The predicted octanol–water partition coefficient (Wildman–Crippen LogP) is 5.69. The van der Waals surface area contributed by atoms with Crippen LogP contribution in [-0.4, -0.2) is 51.8 Å². The molecule has 4 heterocycles. The Balaban J connectivity index is 1.16. The summed E-state index contributed by atoms with van der Waals surface area (Å²) in [6, 6.07) is 24.1. The molecule has 7 rings (SSSR count). The van der Waals surface area contributed by atoms with Crippen molar-refractivity contribution >= 4 is 5.69 Å². The number of H-pyrrole nitrogens is 1. The van der Waals surface area contributed by atoms with Crippen molar-refractivity contribution in [3.63, 3.8) is 0 Å². The molecule has 47 heavy (non-hydrogen) atoms. The van der Waals surface area contributed by atoms with E-state index in [-0.39, 0.29) is 5.56 Å². The number of aromatic amines is 1. The average Bonchev–Trinajstić information content (AvgIpc) is 3.76. The van der Waals surface area contributed by atoms with Crippen molar-refractivity contribution in [2.75, 3.05) is 31.2 Å². The van der Waals surface area contributed by atoms with Crippen LogP contribution in [0, 0.1) is 0 Å². The van der Waals surface area contributed by atoms with Gasteiger partial charge in [0, 0.05) is 55.6 Å². The molecule has 0 bridgehead atoms. The number of aromatic nitrogens is 4. The van der Waals surface area contributed by atoms with Crippen LogP contribution in [0.5, 0.6) is 0 Å². The van der Waals surface area contributed by atoms with Gasteiger partial charge in [-0.25, -0.2) is 9.78 Å². The second-order valence-electron chi connectivity index (χ2n) is 12.2. The highest BCUT2D eigenvalue weighted by Crippen LogP contribution is 2.34. The minimum absolute atomic E-state index is 0.0205. The fourth-order valence-corrected chi connectivity index (χ4v) is 6.77. The molecule has 10 heteroatoms. The first kappa shape index (κ1) is 30.8. The molecule has 1 spiro atoms. The summed E-state index contributed by atoms with van der Waals surface area (Å²) >= 11 is 0. The Bertz CT molecular complexity index is 1960. The third kappa shape index (κ3) is 6.18. The van der Waals surface area contributed by atoms with E-state index in [1.165, 1.54) is 0 Å². The molecule has 0 atom stereocenters. The van der Waals surface area contributed by atoms with Gasteiger partial charge in [0.25, 0.3) is 5.56 Å². The number of hydrogen-bond acceptors (Lipinski definition) is 8. The maximum Gasteiger partial charge on any atom is 0.439 e. The van der Waals surface area contributed by atoms with Crippen molar-refractivity contribution in [2.45, 2.75) is 58.2 Å². The molecule has 0 radical (unpaired) electrons. The van der Waals surface area contributed by atoms with Crippen LogP contribution < -0.4 is 16.2 Å². The molecule has 2 saturated heterocycles. The molecule has 2 aliphatic heterocycles. The first-order valence-electron chi connectivity index (χ1n) is 16.5. The molecule has 5 aromatic rings. The molecule has 0 aliphatic carbocycles. The summed E-state index contributed by atoms with van der Waals surface area (Å²) in [5.41, 5.74) is 7.18. The summed E-state index contributed by atoms with van der Waals surface area (Å²) < 4.78 is 18.3. The highest BCUT2D eigenvalue weighted by Gasteiger charge is 2.39. The Morgan fingerprint density at radius 1 is 0.851 bits per heavy atom. The number of nitrogens with zero attached hydrogens (tertiary/aromatic N) is 4. The highest BCUT2D eigenvalue weighted by atomic mass is 16.7. The van der Waals surface area contributed by atoms with E-state index in [9.17, 15) is 9.59 Å². The number of aryl methyl sites for hydroxylation is 2. The van der Waals surface area contributed by atoms with E-state index in [1.807, 2.05) is 67.6 Å². The average molecular weight is 634 g/mol. The fourth-order valence-electron chi connectivity index (χ4n) is 6.77. The monoisotopic (exact) mass is 633 g/mol. The zero-order valence-corrected chi connectivity index (χ0v) is 26.8. The van der Waals surface area contributed by atoms with Crippen molar-refractivity contribution in [1.29, 1.82) is 0 Å². The lowest BCUT2D eigenvalue weighted by Crippen LogP contribution is -2.45. The minimum atomic E-state index is -0.595. The molecule has 0 amide bonds. The Morgan fingerprint density at radius 3 is 2.17 bits per heavy atom. The van der Waals surface area contributed by atoms with Crippen molar-refractivity contribution in [2.24, 2.45) is 0 Å². The van der Waals surface area contributed by atoms with Crippen LogP contribution in [0.2, 0.25) is 0 Å². The minimum Gasteiger partial charge on any atom is -0.371 e. The highest BCUT2D eigenvalue weighted by molar-refractivity contribution is 5.80. The van der Waals surface area contributed by atoms with Crippen molar-refractivity contribution < 1.29 is 14.0 Å². The normalized spacial score (nSPS) is 15.8. The molecule has 0 unspecified atom stereocenters. The molecule has 2 aromatic heterocycles. The van der Waals surface area contributed by atoms with Crippen LogP contribution in [0.15, 0.2) is 86.9 Å². The summed E-state index contributed by atoms with van der Waals surface area (Å²) in [6.07, 6.45) is 4.44. The molecule has 3 aromatic carbocycles. The van der Waals surface area contributed by atoms with Gasteiger partial charge < -0.3 is 14.4 Å². The molecule has 2 fully saturated rings. The maximum atomic E-state index is 14.3. The summed E-state index contributed by atoms with van der Waals surface area (Å²) in [6.45, 7) is 7.23. The number of piperidine rings is 1. The third-order valence-electron chi connectivity index (χ3n) is 9.21. The summed E-state index contributed by atoms with van der Waals surface area (Å²) in [5.74, 6) is 0.143. The molecular weight excluding hydrogens is 594 g/mol. The van der Waals surface area contributed by atoms with Gasteiger partial charge >= 0.3 is 5.76 Å². The first-order chi connectivity index (χ1) is 23.0. The molecule has 0 saturated carbocycles. The van der Waals surface area contributed by atoms with E-state index in [1.54, 1.807) is 4.57 Å². The number of benzene rings is 3. The molecular formula is C37H39N5O5. The fraction of sp³-hybridized carbons (Fsp3) is 0.351. The lowest BCUT2D eigenvalue weighted by atomic mass is 9.96. The summed E-state index contributed by atoms with van der Waals surface area (Å²) in [4.78, 5) is 35.9. The van der Waals surface area contributed by atoms with E-state index in [2.05, 4.69) is 34.1 Å². The zero-order valence-electron chi connectivity index (χ0n) is 26.8. The lowest BCUT2D eigenvalue weighted by molar-refractivity contribution is -0.169. The van der Waals surface area contributed by atoms with Gasteiger partial charge in [-0.3, -0.25) is 18.9 Å². The van der Waals surface area contributed by atoms with Crippen molar-refractivity contribution in [1.82, 2.24) is 19.7 Å². The van der Waals surface area contributed by atoms with Gasteiger partial charge in [0.2, 0.25) is 0 Å². The predicted molar refractivity (Wildman–Crippen MR) is 180 cm³/mol. The van der Waals surface area contributed by atoms with Crippen LogP contribution >= 0.6 is 0 Å². The first-order valence-corrected chi connectivity index (χ1v) is 16.5. The van der Waals surface area contributed by atoms with E-state index >= 15 is 0 Å². The maximum absolute atomic E-state index is 14.3. The Morgan fingerprint density at radius 2 is 1.53 bits per heavy atom. The van der Waals surface area contributed by atoms with Gasteiger partial charge in [0.1, 0.15) is 5.82 Å². The molecule has 1 N–H and O–H groups in total. The van der Waals surface area contributed by atoms with Crippen LogP contribution in [0.3, 0.4) is 0 Å². The lowest BCUT2D eigenvalue weighted by Gasteiger charge is -2.38. The number of anilines is 1. The van der Waals surface area contributed by atoms with E-state index in [4.69, 9.17) is 19.0 Å². The van der Waals surface area contributed by atoms with Crippen LogP contribution in [0.1, 0.15) is 55.8 Å². The zero-order chi connectivity index (χ0) is 32.4. The largest absolute Gasteiger partial charge is 0.439 e. The van der Waals surface area contributed by atoms with Gasteiger partial charge in [-0.05, 0) is 47.4 Å². The second-order valence-corrected chi connectivity index (χ2v) is 12.2. The number of nitrogens with one attached hydrogen (secondary N) is 1. The Hall–Kier alpha value is -4.80. The summed E-state index contributed by atoms with van der Waals surface area (Å²) in [7, 11) is 0. The Kier molecular flexibility index (Phi) is 8.62. The van der Waals surface area contributed by atoms with Crippen molar-refractivity contribution in [3.05, 3.63) is 116 Å².